The fourth-order valence-electron chi connectivity index (χ4n) is 1.61. The third-order valence-corrected chi connectivity index (χ3v) is 2.59. The summed E-state index contributed by atoms with van der Waals surface area (Å²) in [5.41, 5.74) is 2.32. The molecule has 3 heteroatoms. The standard InChI is InChI=1S/C10H8ClNO/c11-6-1-2-7-8(10-5-13-10)4-12-9(7)3-6/h1-4,10,12H,5H2/t10-/m1/s1. The van der Waals surface area contributed by atoms with Gasteiger partial charge in [0.2, 0.25) is 0 Å². The normalized spacial score (nSPS) is 20.8. The van der Waals surface area contributed by atoms with E-state index in [1.807, 2.05) is 24.4 Å². The van der Waals surface area contributed by atoms with Gasteiger partial charge in [-0.15, -0.1) is 0 Å². The highest BCUT2D eigenvalue weighted by atomic mass is 35.5. The molecule has 0 amide bonds. The van der Waals surface area contributed by atoms with Gasteiger partial charge in [0.1, 0.15) is 6.10 Å². The van der Waals surface area contributed by atoms with Crippen LogP contribution in [0.1, 0.15) is 11.7 Å². The van der Waals surface area contributed by atoms with Crippen molar-refractivity contribution in [1.82, 2.24) is 4.98 Å². The SMILES string of the molecule is Clc1ccc2c([C@H]3CO3)c[nH]c2c1. The summed E-state index contributed by atoms with van der Waals surface area (Å²) in [7, 11) is 0. The Bertz CT molecular complexity index is 459. The Morgan fingerprint density at radius 1 is 1.46 bits per heavy atom. The lowest BCUT2D eigenvalue weighted by atomic mass is 10.1. The molecule has 13 heavy (non-hydrogen) atoms. The van der Waals surface area contributed by atoms with Gasteiger partial charge in [-0.1, -0.05) is 17.7 Å². The Labute approximate surface area is 80.5 Å². The molecule has 66 valence electrons. The van der Waals surface area contributed by atoms with Crippen molar-refractivity contribution in [3.8, 4) is 0 Å². The third-order valence-electron chi connectivity index (χ3n) is 2.36. The molecule has 0 bridgehead atoms. The second kappa shape index (κ2) is 2.50. The number of rotatable bonds is 1. The molecule has 2 heterocycles. The van der Waals surface area contributed by atoms with Crippen molar-refractivity contribution in [2.45, 2.75) is 6.10 Å². The second-order valence-electron chi connectivity index (χ2n) is 3.26. The monoisotopic (exact) mass is 193 g/mol. The minimum Gasteiger partial charge on any atom is -0.368 e. The molecular formula is C10H8ClNO. The van der Waals surface area contributed by atoms with Gasteiger partial charge in [-0.3, -0.25) is 0 Å². The van der Waals surface area contributed by atoms with E-state index in [1.165, 1.54) is 10.9 Å². The van der Waals surface area contributed by atoms with Crippen LogP contribution in [-0.2, 0) is 4.74 Å². The van der Waals surface area contributed by atoms with Gasteiger partial charge >= 0.3 is 0 Å². The van der Waals surface area contributed by atoms with E-state index in [0.29, 0.717) is 6.10 Å². The Kier molecular flexibility index (Phi) is 1.43. The van der Waals surface area contributed by atoms with Crippen LogP contribution in [0.3, 0.4) is 0 Å². The van der Waals surface area contributed by atoms with Crippen molar-refractivity contribution >= 4 is 22.5 Å². The van der Waals surface area contributed by atoms with Gasteiger partial charge in [0.05, 0.1) is 6.61 Å². The van der Waals surface area contributed by atoms with Crippen molar-refractivity contribution < 1.29 is 4.74 Å². The summed E-state index contributed by atoms with van der Waals surface area (Å²) < 4.78 is 5.24. The Morgan fingerprint density at radius 3 is 3.08 bits per heavy atom. The maximum absolute atomic E-state index is 5.87. The Hall–Kier alpha value is -0.990. The maximum Gasteiger partial charge on any atom is 0.108 e. The fraction of sp³-hybridized carbons (Fsp3) is 0.200. The molecule has 0 radical (unpaired) electrons. The van der Waals surface area contributed by atoms with Crippen LogP contribution in [0.2, 0.25) is 5.02 Å². The van der Waals surface area contributed by atoms with E-state index in [2.05, 4.69) is 4.98 Å². The van der Waals surface area contributed by atoms with Crippen molar-refractivity contribution in [3.05, 3.63) is 35.0 Å². The number of fused-ring (bicyclic) bond motifs is 1. The molecule has 0 aliphatic carbocycles. The lowest BCUT2D eigenvalue weighted by molar-refractivity contribution is 0.417. The van der Waals surface area contributed by atoms with E-state index < -0.39 is 0 Å². The molecule has 0 unspecified atom stereocenters. The first-order valence-corrected chi connectivity index (χ1v) is 4.60. The summed E-state index contributed by atoms with van der Waals surface area (Å²) in [6.07, 6.45) is 2.30. The van der Waals surface area contributed by atoms with Gasteiger partial charge in [-0.25, -0.2) is 0 Å². The van der Waals surface area contributed by atoms with E-state index in [1.54, 1.807) is 0 Å². The van der Waals surface area contributed by atoms with Crippen LogP contribution in [0.15, 0.2) is 24.4 Å². The van der Waals surface area contributed by atoms with Gasteiger partial charge in [-0.2, -0.15) is 0 Å². The van der Waals surface area contributed by atoms with Crippen molar-refractivity contribution in [2.24, 2.45) is 0 Å². The number of H-pyrrole nitrogens is 1. The molecule has 1 aromatic heterocycles. The molecule has 1 fully saturated rings. The van der Waals surface area contributed by atoms with E-state index in [-0.39, 0.29) is 0 Å². The third kappa shape index (κ3) is 1.14. The quantitative estimate of drug-likeness (QED) is 0.694. The first-order chi connectivity index (χ1) is 6.34. The predicted octanol–water partition coefficient (Wildman–Crippen LogP) is 2.89. The molecule has 0 spiro atoms. The number of hydrogen-bond acceptors (Lipinski definition) is 1. The Morgan fingerprint density at radius 2 is 2.31 bits per heavy atom. The molecular weight excluding hydrogens is 186 g/mol. The molecule has 1 aliphatic rings. The number of aromatic nitrogens is 1. The highest BCUT2D eigenvalue weighted by Gasteiger charge is 2.27. The summed E-state index contributed by atoms with van der Waals surface area (Å²) >= 11 is 5.87. The van der Waals surface area contributed by atoms with Crippen molar-refractivity contribution in [2.75, 3.05) is 6.61 Å². The average Bonchev–Trinajstić information content (AvgIpc) is 2.87. The van der Waals surface area contributed by atoms with Crippen LogP contribution in [0.5, 0.6) is 0 Å². The average molecular weight is 194 g/mol. The minimum atomic E-state index is 0.301. The van der Waals surface area contributed by atoms with Gasteiger partial charge in [0, 0.05) is 27.7 Å². The fourth-order valence-corrected chi connectivity index (χ4v) is 1.79. The number of hydrogen-bond donors (Lipinski definition) is 1. The zero-order chi connectivity index (χ0) is 8.84. The lowest BCUT2D eigenvalue weighted by Crippen LogP contribution is -1.75. The molecule has 1 atom stereocenters. The van der Waals surface area contributed by atoms with E-state index >= 15 is 0 Å². The molecule has 1 aromatic carbocycles. The highest BCUT2D eigenvalue weighted by Crippen LogP contribution is 2.35. The second-order valence-corrected chi connectivity index (χ2v) is 3.69. The van der Waals surface area contributed by atoms with Crippen LogP contribution in [0.25, 0.3) is 10.9 Å². The number of aromatic amines is 1. The summed E-state index contributed by atoms with van der Waals surface area (Å²) in [6, 6.07) is 5.87. The predicted molar refractivity (Wildman–Crippen MR) is 52.0 cm³/mol. The Balaban J connectivity index is 2.26. The first-order valence-electron chi connectivity index (χ1n) is 4.23. The summed E-state index contributed by atoms with van der Waals surface area (Å²) in [5.74, 6) is 0. The number of benzene rings is 1. The molecule has 3 rings (SSSR count). The van der Waals surface area contributed by atoms with Gasteiger partial charge in [0.25, 0.3) is 0 Å². The molecule has 2 nitrogen and oxygen atoms in total. The number of epoxide rings is 1. The van der Waals surface area contributed by atoms with Crippen LogP contribution in [0, 0.1) is 0 Å². The number of halogens is 1. The van der Waals surface area contributed by atoms with Gasteiger partial charge < -0.3 is 9.72 Å². The van der Waals surface area contributed by atoms with Gasteiger partial charge in [-0.05, 0) is 12.1 Å². The number of ether oxygens (including phenoxy) is 1. The molecule has 0 saturated carbocycles. The summed E-state index contributed by atoms with van der Waals surface area (Å²) in [6.45, 7) is 0.843. The summed E-state index contributed by atoms with van der Waals surface area (Å²) in [4.78, 5) is 3.19. The minimum absolute atomic E-state index is 0.301. The van der Waals surface area contributed by atoms with E-state index in [4.69, 9.17) is 16.3 Å². The molecule has 1 saturated heterocycles. The largest absolute Gasteiger partial charge is 0.368 e. The lowest BCUT2D eigenvalue weighted by Gasteiger charge is -1.93. The molecule has 1 N–H and O–H groups in total. The molecule has 2 aromatic rings. The van der Waals surface area contributed by atoms with Gasteiger partial charge in [0.15, 0.2) is 0 Å². The van der Waals surface area contributed by atoms with Crippen LogP contribution in [0.4, 0.5) is 0 Å². The molecule has 1 aliphatic heterocycles. The van der Waals surface area contributed by atoms with Crippen LogP contribution < -0.4 is 0 Å². The van der Waals surface area contributed by atoms with Crippen molar-refractivity contribution in [1.29, 1.82) is 0 Å². The van der Waals surface area contributed by atoms with E-state index in [9.17, 15) is 0 Å². The topological polar surface area (TPSA) is 28.3 Å². The highest BCUT2D eigenvalue weighted by molar-refractivity contribution is 6.31. The summed E-state index contributed by atoms with van der Waals surface area (Å²) in [5, 5.41) is 1.98. The smallest absolute Gasteiger partial charge is 0.108 e. The van der Waals surface area contributed by atoms with E-state index in [0.717, 1.165) is 17.1 Å². The zero-order valence-electron chi connectivity index (χ0n) is 6.88. The first kappa shape index (κ1) is 7.42. The zero-order valence-corrected chi connectivity index (χ0v) is 7.64. The number of nitrogens with one attached hydrogen (secondary N) is 1. The van der Waals surface area contributed by atoms with Crippen LogP contribution >= 0.6 is 11.6 Å². The van der Waals surface area contributed by atoms with Crippen LogP contribution in [-0.4, -0.2) is 11.6 Å². The maximum atomic E-state index is 5.87. The van der Waals surface area contributed by atoms with Crippen molar-refractivity contribution in [3.63, 3.8) is 0 Å².